The molecule has 0 fully saturated rings. The summed E-state index contributed by atoms with van der Waals surface area (Å²) in [7, 11) is 0. The first kappa shape index (κ1) is 10.0. The molecule has 4 heteroatoms. The van der Waals surface area contributed by atoms with E-state index in [0.717, 1.165) is 0 Å². The topological polar surface area (TPSA) is 76.9 Å². The minimum Gasteiger partial charge on any atom is -0.395 e. The van der Waals surface area contributed by atoms with Crippen LogP contribution in [0.2, 0.25) is 0 Å². The van der Waals surface area contributed by atoms with Gasteiger partial charge in [0.15, 0.2) is 0 Å². The molecule has 4 nitrogen and oxygen atoms in total. The number of H-pyrrole nitrogens is 1. The first-order chi connectivity index (χ1) is 6.77. The Bertz CT molecular complexity index is 471. The highest BCUT2D eigenvalue weighted by Gasteiger charge is 1.97. The second kappa shape index (κ2) is 4.86. The van der Waals surface area contributed by atoms with Crippen LogP contribution >= 0.6 is 0 Å². The van der Waals surface area contributed by atoms with Gasteiger partial charge in [-0.2, -0.15) is 5.26 Å². The molecule has 70 valence electrons. The molecule has 2 N–H and O–H groups in total. The van der Waals surface area contributed by atoms with Gasteiger partial charge in [0.2, 0.25) is 0 Å². The number of nitrogens with one attached hydrogen (secondary N) is 1. The van der Waals surface area contributed by atoms with Crippen molar-refractivity contribution in [3.8, 4) is 17.9 Å². The summed E-state index contributed by atoms with van der Waals surface area (Å²) >= 11 is 0. The van der Waals surface area contributed by atoms with Gasteiger partial charge in [-0.15, -0.1) is 0 Å². The lowest BCUT2D eigenvalue weighted by molar-refractivity contribution is 0.305. The molecule has 0 bridgehead atoms. The average molecular weight is 188 g/mol. The summed E-state index contributed by atoms with van der Waals surface area (Å²) < 4.78 is 0. The zero-order chi connectivity index (χ0) is 10.4. The van der Waals surface area contributed by atoms with Gasteiger partial charge in [-0.1, -0.05) is 11.8 Å². The normalized spacial score (nSPS) is 8.57. The number of nitriles is 1. The van der Waals surface area contributed by atoms with Crippen molar-refractivity contribution in [3.63, 3.8) is 0 Å². The zero-order valence-electron chi connectivity index (χ0n) is 7.37. The Morgan fingerprint density at radius 1 is 1.57 bits per heavy atom. The highest BCUT2D eigenvalue weighted by atomic mass is 16.2. The molecule has 0 aromatic carbocycles. The quantitative estimate of drug-likeness (QED) is 0.608. The number of nitrogens with zero attached hydrogens (tertiary/aromatic N) is 1. The molecule has 0 aliphatic carbocycles. The van der Waals surface area contributed by atoms with Gasteiger partial charge in [0.05, 0.1) is 6.61 Å². The Balaban J connectivity index is 2.99. The van der Waals surface area contributed by atoms with E-state index >= 15 is 0 Å². The summed E-state index contributed by atoms with van der Waals surface area (Å²) in [4.78, 5) is 13.4. The van der Waals surface area contributed by atoms with Gasteiger partial charge in [0, 0.05) is 18.2 Å². The highest BCUT2D eigenvalue weighted by Crippen LogP contribution is 1.94. The largest absolute Gasteiger partial charge is 0.395 e. The molecule has 1 aromatic rings. The van der Waals surface area contributed by atoms with Crippen LogP contribution in [0.25, 0.3) is 0 Å². The van der Waals surface area contributed by atoms with Crippen molar-refractivity contribution >= 4 is 0 Å². The predicted molar refractivity (Wildman–Crippen MR) is 50.4 cm³/mol. The lowest BCUT2D eigenvalue weighted by Crippen LogP contribution is -2.09. The monoisotopic (exact) mass is 188 g/mol. The van der Waals surface area contributed by atoms with Crippen LogP contribution in [0.5, 0.6) is 0 Å². The molecule has 0 amide bonds. The van der Waals surface area contributed by atoms with E-state index in [2.05, 4.69) is 16.8 Å². The van der Waals surface area contributed by atoms with Crippen molar-refractivity contribution in [2.45, 2.75) is 6.42 Å². The van der Waals surface area contributed by atoms with Gasteiger partial charge in [-0.05, 0) is 6.07 Å². The van der Waals surface area contributed by atoms with Crippen LogP contribution in [0, 0.1) is 23.2 Å². The van der Waals surface area contributed by atoms with E-state index in [1.807, 2.05) is 0 Å². The second-order valence-corrected chi connectivity index (χ2v) is 2.52. The fourth-order valence-corrected chi connectivity index (χ4v) is 0.859. The van der Waals surface area contributed by atoms with Crippen LogP contribution in [0.1, 0.15) is 17.5 Å². The summed E-state index contributed by atoms with van der Waals surface area (Å²) in [5, 5.41) is 17.0. The standard InChI is InChI=1S/C10H8N2O2/c11-6-9-5-8(3-1-2-4-13)7-12-10(9)14/h5,7,13H,2,4H2,(H,12,14). The van der Waals surface area contributed by atoms with Crippen molar-refractivity contribution < 1.29 is 5.11 Å². The molecule has 1 rings (SSSR count). The number of rotatable bonds is 1. The van der Waals surface area contributed by atoms with Gasteiger partial charge < -0.3 is 10.1 Å². The van der Waals surface area contributed by atoms with Crippen molar-refractivity contribution in [2.75, 3.05) is 6.61 Å². The first-order valence-electron chi connectivity index (χ1n) is 4.00. The summed E-state index contributed by atoms with van der Waals surface area (Å²) in [5.74, 6) is 5.41. The zero-order valence-corrected chi connectivity index (χ0v) is 7.37. The second-order valence-electron chi connectivity index (χ2n) is 2.52. The maximum Gasteiger partial charge on any atom is 0.265 e. The van der Waals surface area contributed by atoms with E-state index in [4.69, 9.17) is 10.4 Å². The molecule has 0 spiro atoms. The number of aromatic amines is 1. The fraction of sp³-hybridized carbons (Fsp3) is 0.200. The number of aliphatic hydroxyl groups excluding tert-OH is 1. The van der Waals surface area contributed by atoms with Gasteiger partial charge in [-0.3, -0.25) is 4.79 Å². The molecule has 14 heavy (non-hydrogen) atoms. The van der Waals surface area contributed by atoms with Crippen molar-refractivity contribution in [3.05, 3.63) is 33.7 Å². The van der Waals surface area contributed by atoms with Crippen molar-refractivity contribution in [1.82, 2.24) is 4.98 Å². The number of pyridine rings is 1. The Kier molecular flexibility index (Phi) is 3.49. The molecule has 0 atom stereocenters. The van der Waals surface area contributed by atoms with E-state index in [9.17, 15) is 4.79 Å². The first-order valence-corrected chi connectivity index (χ1v) is 4.00. The minimum atomic E-state index is -0.416. The lowest BCUT2D eigenvalue weighted by Gasteiger charge is -1.90. The molecule has 1 heterocycles. The molecule has 0 saturated heterocycles. The van der Waals surface area contributed by atoms with Crippen LogP contribution in [0.15, 0.2) is 17.1 Å². The maximum absolute atomic E-state index is 11.0. The summed E-state index contributed by atoms with van der Waals surface area (Å²) in [6.07, 6.45) is 1.81. The number of hydrogen-bond donors (Lipinski definition) is 2. The van der Waals surface area contributed by atoms with Crippen molar-refractivity contribution in [2.24, 2.45) is 0 Å². The third-order valence-electron chi connectivity index (χ3n) is 1.49. The van der Waals surface area contributed by atoms with Crippen LogP contribution < -0.4 is 5.56 Å². The summed E-state index contributed by atoms with van der Waals surface area (Å²) in [6, 6.07) is 3.18. The molecule has 0 unspecified atom stereocenters. The Hall–Kier alpha value is -2.04. The lowest BCUT2D eigenvalue weighted by atomic mass is 10.2. The van der Waals surface area contributed by atoms with E-state index < -0.39 is 5.56 Å². The van der Waals surface area contributed by atoms with E-state index in [0.29, 0.717) is 12.0 Å². The SMILES string of the molecule is N#Cc1cc(C#CCCO)c[nH]c1=O. The van der Waals surface area contributed by atoms with E-state index in [1.54, 1.807) is 6.07 Å². The third-order valence-corrected chi connectivity index (χ3v) is 1.49. The number of hydrogen-bond acceptors (Lipinski definition) is 3. The third kappa shape index (κ3) is 2.48. The molecule has 0 saturated carbocycles. The maximum atomic E-state index is 11.0. The number of aromatic nitrogens is 1. The highest BCUT2D eigenvalue weighted by molar-refractivity contribution is 5.38. The Morgan fingerprint density at radius 3 is 3.00 bits per heavy atom. The minimum absolute atomic E-state index is 0.00145. The average Bonchev–Trinajstić information content (AvgIpc) is 2.21. The van der Waals surface area contributed by atoms with Gasteiger partial charge >= 0.3 is 0 Å². The molecule has 0 aliphatic rings. The molecule has 1 aromatic heterocycles. The fourth-order valence-electron chi connectivity index (χ4n) is 0.859. The predicted octanol–water partition coefficient (Wildman–Crippen LogP) is -0.0195. The van der Waals surface area contributed by atoms with Gasteiger partial charge in [0.1, 0.15) is 11.6 Å². The van der Waals surface area contributed by atoms with Gasteiger partial charge in [-0.25, -0.2) is 0 Å². The van der Waals surface area contributed by atoms with E-state index in [-0.39, 0.29) is 12.2 Å². The molecule has 0 radical (unpaired) electrons. The summed E-state index contributed by atoms with van der Waals surface area (Å²) in [6.45, 7) is 0.00145. The number of aliphatic hydroxyl groups is 1. The molecule has 0 aliphatic heterocycles. The summed E-state index contributed by atoms with van der Waals surface area (Å²) in [5.41, 5.74) is 0.190. The van der Waals surface area contributed by atoms with Gasteiger partial charge in [0.25, 0.3) is 5.56 Å². The van der Waals surface area contributed by atoms with Crippen LogP contribution in [-0.4, -0.2) is 16.7 Å². The molecular formula is C10H8N2O2. The van der Waals surface area contributed by atoms with Crippen molar-refractivity contribution in [1.29, 1.82) is 5.26 Å². The van der Waals surface area contributed by atoms with E-state index in [1.165, 1.54) is 12.3 Å². The molecular weight excluding hydrogens is 180 g/mol. The van der Waals surface area contributed by atoms with Crippen LogP contribution in [0.4, 0.5) is 0 Å². The Labute approximate surface area is 80.8 Å². The van der Waals surface area contributed by atoms with Crippen LogP contribution in [0.3, 0.4) is 0 Å². The Morgan fingerprint density at radius 2 is 2.36 bits per heavy atom. The smallest absolute Gasteiger partial charge is 0.265 e. The van der Waals surface area contributed by atoms with Crippen LogP contribution in [-0.2, 0) is 0 Å².